The van der Waals surface area contributed by atoms with Crippen LogP contribution in [0.1, 0.15) is 28.5 Å². The van der Waals surface area contributed by atoms with Crippen molar-refractivity contribution in [1.29, 1.82) is 0 Å². The van der Waals surface area contributed by atoms with Crippen LogP contribution in [0.3, 0.4) is 0 Å². The van der Waals surface area contributed by atoms with E-state index in [1.165, 1.54) is 18.4 Å². The zero-order valence-corrected chi connectivity index (χ0v) is 20.8. The lowest BCUT2D eigenvalue weighted by atomic mass is 9.72. The number of carboxylic acids is 1. The number of aromatic nitrogens is 1. The number of anilines is 1. The van der Waals surface area contributed by atoms with Gasteiger partial charge in [0.1, 0.15) is 11.4 Å². The van der Waals surface area contributed by atoms with Crippen LogP contribution in [-0.4, -0.2) is 84.0 Å². The molecule has 37 heavy (non-hydrogen) atoms. The number of nitrogens with two attached hydrogens (primary N) is 2. The van der Waals surface area contributed by atoms with E-state index in [-0.39, 0.29) is 34.3 Å². The van der Waals surface area contributed by atoms with Crippen molar-refractivity contribution in [3.63, 3.8) is 0 Å². The van der Waals surface area contributed by atoms with Crippen LogP contribution in [0.4, 0.5) is 5.13 Å². The molecule has 1 unspecified atom stereocenters. The number of nitrogen functional groups attached to an aromatic ring is 1. The Balaban J connectivity index is 1.70. The van der Waals surface area contributed by atoms with E-state index in [0.29, 0.717) is 31.7 Å². The zero-order valence-electron chi connectivity index (χ0n) is 20.0. The molecular weight excluding hydrogens is 505 g/mol. The number of carbonyl (C=O) groups is 3. The lowest BCUT2D eigenvalue weighted by Gasteiger charge is -2.28. The highest BCUT2D eigenvalue weighted by atomic mass is 32.1. The average Bonchev–Trinajstić information content (AvgIpc) is 3.29. The SMILES string of the molecule is CC(O/N=C(\C(=O)N[C@H]1Cc2cccc(C(=O)O)c2OB1O)c1csc(N)n1)C(=O)NCCNCCN. The van der Waals surface area contributed by atoms with Crippen LogP contribution < -0.4 is 32.1 Å². The van der Waals surface area contributed by atoms with Gasteiger partial charge in [-0.2, -0.15) is 0 Å². The van der Waals surface area contributed by atoms with Crippen LogP contribution in [0.2, 0.25) is 0 Å². The number of aromatic carboxylic acids is 1. The number of carboxylic acid groups (broad SMARTS) is 1. The number of hydrogen-bond donors (Lipinski definition) is 7. The summed E-state index contributed by atoms with van der Waals surface area (Å²) in [5.74, 6) is -3.32. The fourth-order valence-electron chi connectivity index (χ4n) is 3.38. The average molecular weight is 533 g/mol. The second-order valence-corrected chi connectivity index (χ2v) is 8.87. The van der Waals surface area contributed by atoms with E-state index in [2.05, 4.69) is 26.1 Å². The first-order chi connectivity index (χ1) is 17.7. The maximum Gasteiger partial charge on any atom is 0.547 e. The van der Waals surface area contributed by atoms with Crippen LogP contribution in [0, 0.1) is 0 Å². The van der Waals surface area contributed by atoms with E-state index in [0.717, 1.165) is 11.3 Å². The van der Waals surface area contributed by atoms with Crippen LogP contribution in [0.5, 0.6) is 5.75 Å². The minimum atomic E-state index is -1.53. The molecular formula is C21H28BN7O7S. The second-order valence-electron chi connectivity index (χ2n) is 7.98. The number of benzene rings is 1. The third-order valence-electron chi connectivity index (χ3n) is 5.24. The molecule has 16 heteroatoms. The number of para-hydroxylation sites is 1. The predicted octanol–water partition coefficient (Wildman–Crippen LogP) is -1.66. The number of nitrogens with one attached hydrogen (secondary N) is 3. The van der Waals surface area contributed by atoms with Gasteiger partial charge in [-0.25, -0.2) is 9.78 Å². The van der Waals surface area contributed by atoms with E-state index in [4.69, 9.17) is 21.0 Å². The Morgan fingerprint density at radius 2 is 2.14 bits per heavy atom. The van der Waals surface area contributed by atoms with Crippen LogP contribution in [0.15, 0.2) is 28.7 Å². The van der Waals surface area contributed by atoms with Crippen molar-refractivity contribution >= 4 is 47.1 Å². The van der Waals surface area contributed by atoms with E-state index < -0.39 is 36.9 Å². The van der Waals surface area contributed by atoms with Gasteiger partial charge < -0.3 is 47.0 Å². The topological polar surface area (TPSA) is 224 Å². The summed E-state index contributed by atoms with van der Waals surface area (Å²) in [6, 6.07) is 4.54. The first kappa shape index (κ1) is 27.9. The summed E-state index contributed by atoms with van der Waals surface area (Å²) in [7, 11) is -1.53. The highest BCUT2D eigenvalue weighted by molar-refractivity contribution is 7.13. The molecule has 1 aromatic carbocycles. The van der Waals surface area contributed by atoms with Gasteiger partial charge in [-0.3, -0.25) is 9.59 Å². The molecule has 198 valence electrons. The smallest absolute Gasteiger partial charge is 0.534 e. The van der Waals surface area contributed by atoms with Gasteiger partial charge in [-0.05, 0) is 25.0 Å². The van der Waals surface area contributed by atoms with E-state index in [9.17, 15) is 24.5 Å². The number of rotatable bonds is 12. The van der Waals surface area contributed by atoms with Gasteiger partial charge in [0.25, 0.3) is 11.8 Å². The maximum absolute atomic E-state index is 13.1. The fraction of sp³-hybridized carbons (Fsp3) is 0.381. The molecule has 0 radical (unpaired) electrons. The minimum Gasteiger partial charge on any atom is -0.534 e. The first-order valence-electron chi connectivity index (χ1n) is 11.4. The molecule has 0 aliphatic carbocycles. The van der Waals surface area contributed by atoms with Gasteiger partial charge in [0.05, 0.1) is 11.5 Å². The molecule has 2 amide bonds. The third kappa shape index (κ3) is 7.39. The van der Waals surface area contributed by atoms with Crippen LogP contribution in [-0.2, 0) is 20.8 Å². The van der Waals surface area contributed by atoms with Crippen molar-refractivity contribution < 1.29 is 34.0 Å². The Hall–Kier alpha value is -3.73. The standard InChI is InChI=1S/C21H28BN7O7S/c1-11(18(30)26-8-7-25-6-5-23)36-29-16(14-10-37-21(24)27-14)19(31)28-15-9-12-3-2-4-13(20(32)33)17(12)35-22(15)34/h2-4,10-11,15,25,34H,5-9,23H2,1H3,(H2,24,27)(H,26,30)(H,28,31)(H,32,33)/b29-16-/t11?,15-/m0/s1. The van der Waals surface area contributed by atoms with Crippen molar-refractivity contribution in [2.75, 3.05) is 31.9 Å². The molecule has 2 aromatic rings. The molecule has 2 heterocycles. The Kier molecular flexibility index (Phi) is 9.79. The highest BCUT2D eigenvalue weighted by Gasteiger charge is 2.38. The Bertz CT molecular complexity index is 1160. The molecule has 9 N–H and O–H groups in total. The predicted molar refractivity (Wildman–Crippen MR) is 136 cm³/mol. The van der Waals surface area contributed by atoms with Crippen LogP contribution in [0.25, 0.3) is 0 Å². The van der Waals surface area contributed by atoms with Gasteiger partial charge in [-0.1, -0.05) is 17.3 Å². The number of carbonyl (C=O) groups excluding carboxylic acids is 2. The third-order valence-corrected chi connectivity index (χ3v) is 5.91. The minimum absolute atomic E-state index is 0.0376. The van der Waals surface area contributed by atoms with Gasteiger partial charge in [-0.15, -0.1) is 11.3 Å². The Morgan fingerprint density at radius 1 is 1.35 bits per heavy atom. The number of oxime groups is 1. The fourth-order valence-corrected chi connectivity index (χ4v) is 3.93. The van der Waals surface area contributed by atoms with Gasteiger partial charge >= 0.3 is 13.1 Å². The summed E-state index contributed by atoms with van der Waals surface area (Å²) >= 11 is 1.08. The number of amides is 2. The quantitative estimate of drug-likeness (QED) is 0.0707. The molecule has 14 nitrogen and oxygen atoms in total. The monoisotopic (exact) mass is 533 g/mol. The van der Waals surface area contributed by atoms with Gasteiger partial charge in [0, 0.05) is 31.6 Å². The Morgan fingerprint density at radius 3 is 2.81 bits per heavy atom. The summed E-state index contributed by atoms with van der Waals surface area (Å²) in [6.07, 6.45) is -0.938. The molecule has 0 fully saturated rings. The molecule has 0 saturated heterocycles. The summed E-state index contributed by atoms with van der Waals surface area (Å²) in [5.41, 5.74) is 11.3. The molecule has 2 atom stereocenters. The second kappa shape index (κ2) is 13.0. The highest BCUT2D eigenvalue weighted by Crippen LogP contribution is 2.30. The zero-order chi connectivity index (χ0) is 26.9. The molecule has 3 rings (SSSR count). The summed E-state index contributed by atoms with van der Waals surface area (Å²) in [5, 5.41) is 33.7. The van der Waals surface area contributed by atoms with Crippen LogP contribution >= 0.6 is 11.3 Å². The lowest BCUT2D eigenvalue weighted by molar-refractivity contribution is -0.131. The summed E-state index contributed by atoms with van der Waals surface area (Å²) < 4.78 is 5.41. The molecule has 1 aromatic heterocycles. The summed E-state index contributed by atoms with van der Waals surface area (Å²) in [4.78, 5) is 46.2. The van der Waals surface area contributed by atoms with E-state index >= 15 is 0 Å². The number of nitrogens with zero attached hydrogens (tertiary/aromatic N) is 2. The first-order valence-corrected chi connectivity index (χ1v) is 12.2. The molecule has 0 spiro atoms. The lowest BCUT2D eigenvalue weighted by Crippen LogP contribution is -2.54. The maximum atomic E-state index is 13.1. The molecule has 1 aliphatic heterocycles. The number of hydrogen-bond acceptors (Lipinski definition) is 12. The van der Waals surface area contributed by atoms with Crippen molar-refractivity contribution in [2.24, 2.45) is 10.9 Å². The molecule has 0 bridgehead atoms. The number of thiazole rings is 1. The van der Waals surface area contributed by atoms with Crippen molar-refractivity contribution in [1.82, 2.24) is 20.9 Å². The number of fused-ring (bicyclic) bond motifs is 1. The van der Waals surface area contributed by atoms with E-state index in [1.807, 2.05) is 0 Å². The Labute approximate surface area is 216 Å². The largest absolute Gasteiger partial charge is 0.547 e. The summed E-state index contributed by atoms with van der Waals surface area (Å²) in [6.45, 7) is 3.43. The van der Waals surface area contributed by atoms with Gasteiger partial charge in [0.15, 0.2) is 10.8 Å². The van der Waals surface area contributed by atoms with E-state index in [1.54, 1.807) is 12.1 Å². The normalized spacial score (nSPS) is 15.8. The molecule has 0 saturated carbocycles. The van der Waals surface area contributed by atoms with Crippen molar-refractivity contribution in [3.8, 4) is 5.75 Å². The van der Waals surface area contributed by atoms with Crippen molar-refractivity contribution in [3.05, 3.63) is 40.4 Å². The van der Waals surface area contributed by atoms with Crippen molar-refractivity contribution in [2.45, 2.75) is 25.4 Å². The van der Waals surface area contributed by atoms with Gasteiger partial charge in [0.2, 0.25) is 6.10 Å². The molecule has 1 aliphatic rings.